The number of carbonyl (C=O) groups is 1. The van der Waals surface area contributed by atoms with Crippen LogP contribution in [0.1, 0.15) is 10.4 Å². The lowest BCUT2D eigenvalue weighted by molar-refractivity contribution is 0.0749. The molecule has 1 fully saturated rings. The van der Waals surface area contributed by atoms with E-state index in [1.54, 1.807) is 0 Å². The molecule has 1 aliphatic rings. The van der Waals surface area contributed by atoms with Gasteiger partial charge < -0.3 is 15.1 Å². The summed E-state index contributed by atoms with van der Waals surface area (Å²) in [7, 11) is -3.39. The monoisotopic (exact) mass is 317 g/mol. The molecule has 0 saturated carbocycles. The summed E-state index contributed by atoms with van der Waals surface area (Å²) < 4.78 is 23.5. The Morgan fingerprint density at radius 2 is 1.90 bits per heavy atom. The summed E-state index contributed by atoms with van der Waals surface area (Å²) in [6.07, 6.45) is 1.10. The van der Waals surface area contributed by atoms with Crippen LogP contribution in [0.4, 0.5) is 0 Å². The van der Waals surface area contributed by atoms with Crippen molar-refractivity contribution < 1.29 is 23.4 Å². The first-order chi connectivity index (χ1) is 9.29. The number of hydrogen-bond donors (Lipinski definition) is 2. The Labute approximate surface area is 121 Å². The molecule has 2 N–H and O–H groups in total. The van der Waals surface area contributed by atoms with Gasteiger partial charge in [0.05, 0.1) is 0 Å². The molecule has 110 valence electrons. The van der Waals surface area contributed by atoms with E-state index in [1.807, 2.05) is 0 Å². The predicted molar refractivity (Wildman–Crippen MR) is 76.8 cm³/mol. The third kappa shape index (κ3) is 3.18. The molecule has 0 aromatic heterocycles. The van der Waals surface area contributed by atoms with Crippen molar-refractivity contribution in [1.82, 2.24) is 4.90 Å². The topological polar surface area (TPSA) is 94.9 Å². The Bertz CT molecular complexity index is 608. The number of amides is 1. The first-order valence-electron chi connectivity index (χ1n) is 5.89. The molecule has 1 unspecified atom stereocenters. The van der Waals surface area contributed by atoms with Gasteiger partial charge >= 0.3 is 0 Å². The van der Waals surface area contributed by atoms with Crippen LogP contribution in [0.15, 0.2) is 18.2 Å². The van der Waals surface area contributed by atoms with Gasteiger partial charge in [-0.15, -0.1) is 0 Å². The van der Waals surface area contributed by atoms with Crippen LogP contribution in [0.5, 0.6) is 11.5 Å². The third-order valence-electron chi connectivity index (χ3n) is 2.99. The highest BCUT2D eigenvalue weighted by Gasteiger charge is 2.34. The third-order valence-corrected chi connectivity index (χ3v) is 5.63. The summed E-state index contributed by atoms with van der Waals surface area (Å²) in [6.45, 7) is 0.317. The molecular formula is C12H15NO5S2. The van der Waals surface area contributed by atoms with Crippen molar-refractivity contribution in [3.05, 3.63) is 23.8 Å². The summed E-state index contributed by atoms with van der Waals surface area (Å²) >= 11 is 1.48. The van der Waals surface area contributed by atoms with E-state index in [0.29, 0.717) is 18.1 Å². The zero-order chi connectivity index (χ0) is 14.9. The van der Waals surface area contributed by atoms with E-state index in [2.05, 4.69) is 0 Å². The van der Waals surface area contributed by atoms with Crippen LogP contribution >= 0.6 is 11.8 Å². The number of rotatable bonds is 2. The zero-order valence-corrected chi connectivity index (χ0v) is 12.4. The highest BCUT2D eigenvalue weighted by atomic mass is 32.2. The molecule has 6 nitrogen and oxygen atoms in total. The number of hydrogen-bond acceptors (Lipinski definition) is 6. The van der Waals surface area contributed by atoms with Crippen molar-refractivity contribution in [1.29, 1.82) is 0 Å². The number of sulfone groups is 1. The molecule has 1 aromatic rings. The fourth-order valence-electron chi connectivity index (χ4n) is 2.05. The second kappa shape index (κ2) is 5.53. The van der Waals surface area contributed by atoms with Gasteiger partial charge in [0.1, 0.15) is 16.9 Å². The van der Waals surface area contributed by atoms with Gasteiger partial charge in [-0.25, -0.2) is 8.42 Å². The normalized spacial score (nSPS) is 19.9. The van der Waals surface area contributed by atoms with Gasteiger partial charge in [-0.3, -0.25) is 4.79 Å². The number of carbonyl (C=O) groups excluding carboxylic acids is 1. The molecule has 1 aliphatic heterocycles. The Kier molecular flexibility index (Phi) is 4.14. The molecule has 1 heterocycles. The average molecular weight is 317 g/mol. The largest absolute Gasteiger partial charge is 0.508 e. The number of nitrogens with zero attached hydrogens (tertiary/aromatic N) is 1. The maximum atomic E-state index is 12.4. The Morgan fingerprint density at radius 3 is 2.45 bits per heavy atom. The van der Waals surface area contributed by atoms with Gasteiger partial charge in [-0.05, 0) is 12.1 Å². The molecular weight excluding hydrogens is 302 g/mol. The van der Waals surface area contributed by atoms with Gasteiger partial charge in [0.25, 0.3) is 5.91 Å². The molecule has 1 amide bonds. The summed E-state index contributed by atoms with van der Waals surface area (Å²) in [4.78, 5) is 13.7. The Hall–Kier alpha value is -1.41. The van der Waals surface area contributed by atoms with Crippen LogP contribution in [-0.2, 0) is 9.84 Å². The molecule has 1 saturated heterocycles. The van der Waals surface area contributed by atoms with Gasteiger partial charge in [-0.1, -0.05) is 0 Å². The molecule has 8 heteroatoms. The van der Waals surface area contributed by atoms with Crippen LogP contribution in [0.3, 0.4) is 0 Å². The van der Waals surface area contributed by atoms with E-state index < -0.39 is 21.1 Å². The zero-order valence-electron chi connectivity index (χ0n) is 10.8. The maximum Gasteiger partial charge on any atom is 0.255 e. The molecule has 2 rings (SSSR count). The Morgan fingerprint density at radius 1 is 1.30 bits per heavy atom. The summed E-state index contributed by atoms with van der Waals surface area (Å²) in [5.41, 5.74) is 0.0723. The summed E-state index contributed by atoms with van der Waals surface area (Å²) in [5.74, 6) is -0.00372. The smallest absolute Gasteiger partial charge is 0.255 e. The first-order valence-corrected chi connectivity index (χ1v) is 9.00. The lowest BCUT2D eigenvalue weighted by Gasteiger charge is -2.34. The van der Waals surface area contributed by atoms with E-state index in [1.165, 1.54) is 28.8 Å². The van der Waals surface area contributed by atoms with Crippen molar-refractivity contribution in [2.24, 2.45) is 0 Å². The second-order valence-corrected chi connectivity index (χ2v) is 7.95. The second-order valence-electron chi connectivity index (χ2n) is 4.60. The quantitative estimate of drug-likeness (QED) is 0.832. The number of thioether (sulfide) groups is 1. The lowest BCUT2D eigenvalue weighted by atomic mass is 10.1. The number of phenols is 2. The predicted octanol–water partition coefficient (Wildman–Crippen LogP) is 0.657. The summed E-state index contributed by atoms with van der Waals surface area (Å²) in [6, 6.07) is 3.53. The van der Waals surface area contributed by atoms with Crippen molar-refractivity contribution in [2.45, 2.75) is 5.37 Å². The lowest BCUT2D eigenvalue weighted by Crippen LogP contribution is -2.49. The standard InChI is InChI=1S/C12H15NO5S2/c1-20(17,18)11-7-19-3-2-13(11)12(16)8-4-9(14)6-10(15)5-8/h4-6,11,14-15H,2-3,7H2,1H3. The van der Waals surface area contributed by atoms with Gasteiger partial charge in [0.2, 0.25) is 0 Å². The van der Waals surface area contributed by atoms with E-state index in [9.17, 15) is 23.4 Å². The van der Waals surface area contributed by atoms with Crippen LogP contribution in [0.25, 0.3) is 0 Å². The van der Waals surface area contributed by atoms with E-state index >= 15 is 0 Å². The van der Waals surface area contributed by atoms with E-state index in [-0.39, 0.29) is 17.1 Å². The minimum atomic E-state index is -3.39. The SMILES string of the molecule is CS(=O)(=O)C1CSCCN1C(=O)c1cc(O)cc(O)c1. The molecule has 0 spiro atoms. The molecule has 1 aromatic carbocycles. The fraction of sp³-hybridized carbons (Fsp3) is 0.417. The van der Waals surface area contributed by atoms with E-state index in [0.717, 1.165) is 12.3 Å². The number of benzene rings is 1. The van der Waals surface area contributed by atoms with Crippen LogP contribution in [0, 0.1) is 0 Å². The van der Waals surface area contributed by atoms with Crippen molar-refractivity contribution in [3.8, 4) is 11.5 Å². The first kappa shape index (κ1) is 15.0. The molecule has 0 aliphatic carbocycles. The van der Waals surface area contributed by atoms with Crippen molar-refractivity contribution in [3.63, 3.8) is 0 Å². The fourth-order valence-corrected chi connectivity index (χ4v) is 4.87. The molecule has 0 radical (unpaired) electrons. The van der Waals surface area contributed by atoms with Crippen LogP contribution in [-0.4, -0.2) is 59.1 Å². The highest BCUT2D eigenvalue weighted by molar-refractivity contribution is 8.00. The maximum absolute atomic E-state index is 12.4. The number of aromatic hydroxyl groups is 2. The van der Waals surface area contributed by atoms with E-state index in [4.69, 9.17) is 0 Å². The van der Waals surface area contributed by atoms with Gasteiger partial charge in [0.15, 0.2) is 9.84 Å². The summed E-state index contributed by atoms with van der Waals surface area (Å²) in [5, 5.41) is 18.0. The van der Waals surface area contributed by atoms with Crippen LogP contribution in [0.2, 0.25) is 0 Å². The van der Waals surface area contributed by atoms with Gasteiger partial charge in [0, 0.05) is 35.9 Å². The minimum absolute atomic E-state index is 0.0723. The highest BCUT2D eigenvalue weighted by Crippen LogP contribution is 2.26. The van der Waals surface area contributed by atoms with Gasteiger partial charge in [-0.2, -0.15) is 11.8 Å². The molecule has 20 heavy (non-hydrogen) atoms. The van der Waals surface area contributed by atoms with Crippen molar-refractivity contribution >= 4 is 27.5 Å². The van der Waals surface area contributed by atoms with Crippen LogP contribution < -0.4 is 0 Å². The number of phenolic OH excluding ortho intramolecular Hbond substituents is 2. The van der Waals surface area contributed by atoms with Crippen molar-refractivity contribution in [2.75, 3.05) is 24.3 Å². The minimum Gasteiger partial charge on any atom is -0.508 e. The molecule has 0 bridgehead atoms. The Balaban J connectivity index is 2.35. The average Bonchev–Trinajstić information content (AvgIpc) is 2.35. The molecule has 1 atom stereocenters.